The second kappa shape index (κ2) is 3.89. The highest BCUT2D eigenvalue weighted by Gasteiger charge is 2.18. The van der Waals surface area contributed by atoms with Crippen LogP contribution in [0.5, 0.6) is 0 Å². The van der Waals surface area contributed by atoms with E-state index in [2.05, 4.69) is 9.72 Å². The highest BCUT2D eigenvalue weighted by atomic mass is 35.5. The van der Waals surface area contributed by atoms with Gasteiger partial charge in [0.25, 0.3) is 0 Å². The minimum Gasteiger partial charge on any atom is -0.465 e. The minimum atomic E-state index is -1.04. The number of halogens is 3. The first-order chi connectivity index (χ1) is 6.06. The standard InChI is InChI=1S/C7H4Cl2FNO2/c1-13-7(12)5-3(8)2-4(9)11-6(5)10/h2H,1H3. The average Bonchev–Trinajstić information content (AvgIpc) is 2.02. The summed E-state index contributed by atoms with van der Waals surface area (Å²) in [4.78, 5) is 14.2. The summed E-state index contributed by atoms with van der Waals surface area (Å²) in [6, 6.07) is 1.17. The molecule has 3 nitrogen and oxygen atoms in total. The Balaban J connectivity index is 3.28. The van der Waals surface area contributed by atoms with Crippen LogP contribution in [0.1, 0.15) is 10.4 Å². The molecule has 0 saturated carbocycles. The molecule has 0 amide bonds. The van der Waals surface area contributed by atoms with Gasteiger partial charge in [-0.3, -0.25) is 0 Å². The van der Waals surface area contributed by atoms with E-state index in [0.29, 0.717) is 0 Å². The fraction of sp³-hybridized carbons (Fsp3) is 0.143. The molecule has 6 heteroatoms. The van der Waals surface area contributed by atoms with Crippen molar-refractivity contribution in [3.8, 4) is 0 Å². The Morgan fingerprint density at radius 1 is 1.62 bits per heavy atom. The molecule has 0 aliphatic heterocycles. The van der Waals surface area contributed by atoms with Gasteiger partial charge in [-0.2, -0.15) is 4.39 Å². The van der Waals surface area contributed by atoms with Crippen molar-refractivity contribution in [2.24, 2.45) is 0 Å². The lowest BCUT2D eigenvalue weighted by Crippen LogP contribution is -2.07. The van der Waals surface area contributed by atoms with Crippen LogP contribution in [-0.2, 0) is 4.74 Å². The van der Waals surface area contributed by atoms with Crippen molar-refractivity contribution in [2.75, 3.05) is 7.11 Å². The van der Waals surface area contributed by atoms with Gasteiger partial charge in [0, 0.05) is 0 Å². The SMILES string of the molecule is COC(=O)c1c(Cl)cc(Cl)nc1F. The van der Waals surface area contributed by atoms with Crippen molar-refractivity contribution in [2.45, 2.75) is 0 Å². The van der Waals surface area contributed by atoms with Crippen LogP contribution in [0.2, 0.25) is 10.2 Å². The van der Waals surface area contributed by atoms with Gasteiger partial charge < -0.3 is 4.74 Å². The van der Waals surface area contributed by atoms with Gasteiger partial charge >= 0.3 is 5.97 Å². The van der Waals surface area contributed by atoms with Gasteiger partial charge in [0.05, 0.1) is 12.1 Å². The largest absolute Gasteiger partial charge is 0.465 e. The molecule has 1 rings (SSSR count). The van der Waals surface area contributed by atoms with Crippen LogP contribution < -0.4 is 0 Å². The third kappa shape index (κ3) is 2.08. The molecule has 70 valence electrons. The Labute approximate surface area is 83.4 Å². The summed E-state index contributed by atoms with van der Waals surface area (Å²) in [7, 11) is 1.12. The molecule has 0 aliphatic rings. The number of methoxy groups -OCH3 is 1. The van der Waals surface area contributed by atoms with Crippen LogP contribution in [0.15, 0.2) is 6.07 Å². The number of esters is 1. The summed E-state index contributed by atoms with van der Waals surface area (Å²) in [6.07, 6.45) is 0. The molecule has 0 radical (unpaired) electrons. The zero-order valence-corrected chi connectivity index (χ0v) is 7.99. The van der Waals surface area contributed by atoms with Crippen LogP contribution in [0.3, 0.4) is 0 Å². The summed E-state index contributed by atoms with van der Waals surface area (Å²) in [5.41, 5.74) is -0.409. The molecule has 0 bridgehead atoms. The van der Waals surface area contributed by atoms with E-state index in [4.69, 9.17) is 23.2 Å². The van der Waals surface area contributed by atoms with Crippen molar-refractivity contribution in [1.82, 2.24) is 4.98 Å². The van der Waals surface area contributed by atoms with E-state index in [1.165, 1.54) is 6.07 Å². The lowest BCUT2D eigenvalue weighted by molar-refractivity contribution is 0.0594. The maximum absolute atomic E-state index is 13.0. The van der Waals surface area contributed by atoms with Gasteiger partial charge in [-0.15, -0.1) is 0 Å². The van der Waals surface area contributed by atoms with Gasteiger partial charge in [-0.1, -0.05) is 23.2 Å². The third-order valence-corrected chi connectivity index (χ3v) is 1.78. The van der Waals surface area contributed by atoms with E-state index in [1.54, 1.807) is 0 Å². The Bertz CT molecular complexity index is 333. The van der Waals surface area contributed by atoms with Crippen LogP contribution in [0, 0.1) is 5.95 Å². The topological polar surface area (TPSA) is 39.2 Å². The zero-order chi connectivity index (χ0) is 10.0. The number of hydrogen-bond acceptors (Lipinski definition) is 3. The molecular formula is C7H4Cl2FNO2. The molecule has 0 unspecified atom stereocenters. The van der Waals surface area contributed by atoms with E-state index in [9.17, 15) is 9.18 Å². The Hall–Kier alpha value is -0.870. The van der Waals surface area contributed by atoms with Crippen LogP contribution >= 0.6 is 23.2 Å². The third-order valence-electron chi connectivity index (χ3n) is 1.29. The highest BCUT2D eigenvalue weighted by molar-refractivity contribution is 6.36. The lowest BCUT2D eigenvalue weighted by Gasteiger charge is -2.02. The number of pyridine rings is 1. The number of ether oxygens (including phenoxy) is 1. The van der Waals surface area contributed by atoms with E-state index in [0.717, 1.165) is 7.11 Å². The highest BCUT2D eigenvalue weighted by Crippen LogP contribution is 2.22. The number of aromatic nitrogens is 1. The molecule has 1 aromatic heterocycles. The second-order valence-electron chi connectivity index (χ2n) is 2.08. The van der Waals surface area contributed by atoms with E-state index < -0.39 is 17.5 Å². The maximum Gasteiger partial charge on any atom is 0.344 e. The smallest absolute Gasteiger partial charge is 0.344 e. The summed E-state index contributed by atoms with van der Waals surface area (Å²) in [5.74, 6) is -1.92. The predicted molar refractivity (Wildman–Crippen MR) is 45.6 cm³/mol. The number of carbonyl (C=O) groups excluding carboxylic acids is 1. The average molecular weight is 224 g/mol. The number of rotatable bonds is 1. The molecule has 0 aliphatic carbocycles. The van der Waals surface area contributed by atoms with Crippen LogP contribution in [0.25, 0.3) is 0 Å². The van der Waals surface area contributed by atoms with Crippen molar-refractivity contribution in [1.29, 1.82) is 0 Å². The van der Waals surface area contributed by atoms with Gasteiger partial charge in [-0.05, 0) is 6.07 Å². The van der Waals surface area contributed by atoms with Gasteiger partial charge in [-0.25, -0.2) is 9.78 Å². The fourth-order valence-corrected chi connectivity index (χ4v) is 1.24. The second-order valence-corrected chi connectivity index (χ2v) is 2.88. The maximum atomic E-state index is 13.0. The summed E-state index contributed by atoms with van der Waals surface area (Å²) in [6.45, 7) is 0. The van der Waals surface area contributed by atoms with Crippen molar-refractivity contribution >= 4 is 29.2 Å². The van der Waals surface area contributed by atoms with Crippen molar-refractivity contribution in [3.05, 3.63) is 27.8 Å². The predicted octanol–water partition coefficient (Wildman–Crippen LogP) is 2.31. The minimum absolute atomic E-state index is 0.116. The molecule has 0 fully saturated rings. The Morgan fingerprint density at radius 3 is 2.69 bits per heavy atom. The summed E-state index contributed by atoms with van der Waals surface area (Å²) in [5, 5.41) is -0.237. The normalized spacial score (nSPS) is 9.85. The van der Waals surface area contributed by atoms with Crippen molar-refractivity contribution in [3.63, 3.8) is 0 Å². The number of nitrogens with zero attached hydrogens (tertiary/aromatic N) is 1. The molecule has 1 aromatic rings. The molecule has 13 heavy (non-hydrogen) atoms. The van der Waals surface area contributed by atoms with Crippen molar-refractivity contribution < 1.29 is 13.9 Å². The summed E-state index contributed by atoms with van der Waals surface area (Å²) >= 11 is 10.9. The number of carbonyl (C=O) groups is 1. The van der Waals surface area contributed by atoms with Crippen LogP contribution in [-0.4, -0.2) is 18.1 Å². The van der Waals surface area contributed by atoms with E-state index in [1.807, 2.05) is 0 Å². The lowest BCUT2D eigenvalue weighted by atomic mass is 10.3. The first-order valence-electron chi connectivity index (χ1n) is 3.16. The molecule has 0 saturated heterocycles. The van der Waals surface area contributed by atoms with E-state index >= 15 is 0 Å². The number of hydrogen-bond donors (Lipinski definition) is 0. The molecule has 0 spiro atoms. The van der Waals surface area contributed by atoms with Gasteiger partial charge in [0.2, 0.25) is 5.95 Å². The van der Waals surface area contributed by atoms with Gasteiger partial charge in [0.1, 0.15) is 10.7 Å². The molecule has 0 atom stereocenters. The quantitative estimate of drug-likeness (QED) is 0.542. The monoisotopic (exact) mass is 223 g/mol. The van der Waals surface area contributed by atoms with Crippen LogP contribution in [0.4, 0.5) is 4.39 Å². The Morgan fingerprint density at radius 2 is 2.23 bits per heavy atom. The molecular weight excluding hydrogens is 220 g/mol. The first kappa shape index (κ1) is 10.2. The van der Waals surface area contributed by atoms with E-state index in [-0.39, 0.29) is 10.2 Å². The Kier molecular flexibility index (Phi) is 3.06. The molecule has 1 heterocycles. The first-order valence-corrected chi connectivity index (χ1v) is 3.91. The summed E-state index contributed by atoms with van der Waals surface area (Å²) < 4.78 is 17.3. The fourth-order valence-electron chi connectivity index (χ4n) is 0.741. The van der Waals surface area contributed by atoms with Gasteiger partial charge in [0.15, 0.2) is 0 Å². The molecule has 0 aromatic carbocycles. The molecule has 0 N–H and O–H groups in total. The zero-order valence-electron chi connectivity index (χ0n) is 6.47.